The summed E-state index contributed by atoms with van der Waals surface area (Å²) in [4.78, 5) is 0. The van der Waals surface area contributed by atoms with Crippen molar-refractivity contribution in [2.75, 3.05) is 0 Å². The van der Waals surface area contributed by atoms with Crippen LogP contribution in [0.3, 0.4) is 0 Å². The van der Waals surface area contributed by atoms with E-state index in [-0.39, 0.29) is 6.04 Å². The van der Waals surface area contributed by atoms with Crippen LogP contribution in [-0.4, -0.2) is 20.6 Å². The van der Waals surface area contributed by atoms with E-state index in [1.54, 1.807) is 37.5 Å². The highest BCUT2D eigenvalue weighted by Crippen LogP contribution is 2.24. The van der Waals surface area contributed by atoms with Gasteiger partial charge >= 0.3 is 0 Å². The molecule has 0 aliphatic rings. The normalized spacial score (nSPS) is 15.5. The van der Waals surface area contributed by atoms with E-state index in [1.807, 2.05) is 13.0 Å². The zero-order valence-electron chi connectivity index (χ0n) is 12.7. The standard InChI is InChI=1S/C15H21N3O4/c1-8(11-5-4-6-12(7-11)14(19)17-21)16-15(20)13-9(2)18-22-10(13)3/h4-8,14-17,19-21H,1-3H3. The molecule has 0 spiro atoms. The molecule has 0 bridgehead atoms. The zero-order valence-corrected chi connectivity index (χ0v) is 12.7. The first-order valence-electron chi connectivity index (χ1n) is 6.98. The number of nitrogens with zero attached hydrogens (tertiary/aromatic N) is 1. The Hall–Kier alpha value is -1.77. The summed E-state index contributed by atoms with van der Waals surface area (Å²) in [5.74, 6) is 0.568. The molecule has 1 heterocycles. The van der Waals surface area contributed by atoms with Gasteiger partial charge in [0.1, 0.15) is 12.0 Å². The minimum absolute atomic E-state index is 0.186. The Kier molecular flexibility index (Phi) is 5.28. The van der Waals surface area contributed by atoms with Crippen molar-refractivity contribution >= 4 is 0 Å². The Morgan fingerprint density at radius 3 is 2.41 bits per heavy atom. The lowest BCUT2D eigenvalue weighted by atomic mass is 10.0. The highest BCUT2D eigenvalue weighted by molar-refractivity contribution is 5.28. The summed E-state index contributed by atoms with van der Waals surface area (Å²) in [6, 6.07) is 6.88. The van der Waals surface area contributed by atoms with Gasteiger partial charge in [-0.2, -0.15) is 5.48 Å². The second-order valence-electron chi connectivity index (χ2n) is 5.23. The number of hydrogen-bond acceptors (Lipinski definition) is 7. The molecule has 2 rings (SSSR count). The predicted molar refractivity (Wildman–Crippen MR) is 78.8 cm³/mol. The van der Waals surface area contributed by atoms with Crippen LogP contribution in [0.1, 0.15) is 53.6 Å². The molecule has 7 nitrogen and oxygen atoms in total. The fourth-order valence-electron chi connectivity index (χ4n) is 2.37. The number of aliphatic hydroxyl groups excluding tert-OH is 2. The van der Waals surface area contributed by atoms with Crippen LogP contribution >= 0.6 is 0 Å². The summed E-state index contributed by atoms with van der Waals surface area (Å²) in [6.45, 7) is 5.40. The smallest absolute Gasteiger partial charge is 0.152 e. The van der Waals surface area contributed by atoms with Gasteiger partial charge < -0.3 is 19.9 Å². The van der Waals surface area contributed by atoms with Crippen LogP contribution in [0.15, 0.2) is 28.8 Å². The van der Waals surface area contributed by atoms with Crippen molar-refractivity contribution in [1.29, 1.82) is 0 Å². The average molecular weight is 307 g/mol. The molecule has 0 aliphatic carbocycles. The van der Waals surface area contributed by atoms with E-state index in [0.717, 1.165) is 5.56 Å². The molecule has 7 heteroatoms. The number of aliphatic hydroxyl groups is 2. The van der Waals surface area contributed by atoms with Crippen LogP contribution in [0.25, 0.3) is 0 Å². The van der Waals surface area contributed by atoms with Gasteiger partial charge in [-0.1, -0.05) is 29.4 Å². The molecule has 3 atom stereocenters. The van der Waals surface area contributed by atoms with Crippen LogP contribution in [0.5, 0.6) is 0 Å². The van der Waals surface area contributed by atoms with Gasteiger partial charge in [-0.25, -0.2) is 0 Å². The number of benzene rings is 1. The Labute approximate surface area is 128 Å². The molecule has 0 saturated carbocycles. The highest BCUT2D eigenvalue weighted by Gasteiger charge is 2.20. The topological polar surface area (TPSA) is 111 Å². The Balaban J connectivity index is 2.14. The second kappa shape index (κ2) is 6.99. The van der Waals surface area contributed by atoms with Crippen LogP contribution in [0.2, 0.25) is 0 Å². The van der Waals surface area contributed by atoms with E-state index in [0.29, 0.717) is 22.6 Å². The number of rotatable bonds is 6. The molecule has 5 N–H and O–H groups in total. The number of hydrogen-bond donors (Lipinski definition) is 5. The number of aryl methyl sites for hydroxylation is 2. The first kappa shape index (κ1) is 16.6. The molecule has 2 aromatic rings. The van der Waals surface area contributed by atoms with Crippen LogP contribution in [-0.2, 0) is 0 Å². The van der Waals surface area contributed by atoms with E-state index in [2.05, 4.69) is 10.5 Å². The first-order chi connectivity index (χ1) is 10.4. The number of hydroxylamine groups is 1. The minimum Gasteiger partial charge on any atom is -0.374 e. The quantitative estimate of drug-likeness (QED) is 0.407. The Morgan fingerprint density at radius 1 is 1.14 bits per heavy atom. The van der Waals surface area contributed by atoms with Crippen molar-refractivity contribution in [3.8, 4) is 0 Å². The molecule has 1 aromatic carbocycles. The largest absolute Gasteiger partial charge is 0.374 e. The molecule has 0 saturated heterocycles. The third kappa shape index (κ3) is 3.52. The van der Waals surface area contributed by atoms with Gasteiger partial charge in [0.2, 0.25) is 0 Å². The summed E-state index contributed by atoms with van der Waals surface area (Å²) >= 11 is 0. The van der Waals surface area contributed by atoms with E-state index < -0.39 is 12.5 Å². The molecule has 0 aliphatic heterocycles. The molecule has 120 valence electrons. The molecule has 0 fully saturated rings. The van der Waals surface area contributed by atoms with Crippen LogP contribution in [0, 0.1) is 13.8 Å². The lowest BCUT2D eigenvalue weighted by molar-refractivity contribution is 0.000629. The molecular weight excluding hydrogens is 286 g/mol. The Bertz CT molecular complexity index is 610. The maximum atomic E-state index is 10.3. The summed E-state index contributed by atoms with van der Waals surface area (Å²) in [5, 5.41) is 35.6. The molecule has 1 aromatic heterocycles. The third-order valence-corrected chi connectivity index (χ3v) is 3.62. The van der Waals surface area contributed by atoms with Crippen molar-refractivity contribution < 1.29 is 19.9 Å². The van der Waals surface area contributed by atoms with Gasteiger partial charge in [0.15, 0.2) is 6.23 Å². The average Bonchev–Trinajstić information content (AvgIpc) is 2.85. The fourth-order valence-corrected chi connectivity index (χ4v) is 2.37. The fraction of sp³-hybridized carbons (Fsp3) is 0.400. The van der Waals surface area contributed by atoms with Crippen molar-refractivity contribution in [2.45, 2.75) is 39.3 Å². The SMILES string of the molecule is Cc1noc(C)c1C(O)NC(C)c1cccc(C(O)NO)c1. The van der Waals surface area contributed by atoms with Crippen LogP contribution in [0.4, 0.5) is 0 Å². The van der Waals surface area contributed by atoms with E-state index in [9.17, 15) is 10.2 Å². The van der Waals surface area contributed by atoms with Gasteiger partial charge in [-0.05, 0) is 31.9 Å². The molecule has 3 unspecified atom stereocenters. The van der Waals surface area contributed by atoms with Gasteiger partial charge in [-0.3, -0.25) is 5.32 Å². The summed E-state index contributed by atoms with van der Waals surface area (Å²) < 4.78 is 5.05. The van der Waals surface area contributed by atoms with Crippen molar-refractivity contribution in [2.24, 2.45) is 0 Å². The van der Waals surface area contributed by atoms with Gasteiger partial charge in [-0.15, -0.1) is 0 Å². The van der Waals surface area contributed by atoms with Gasteiger partial charge in [0.25, 0.3) is 0 Å². The van der Waals surface area contributed by atoms with Crippen molar-refractivity contribution in [1.82, 2.24) is 16.0 Å². The molecule has 0 radical (unpaired) electrons. The maximum Gasteiger partial charge on any atom is 0.152 e. The van der Waals surface area contributed by atoms with E-state index in [4.69, 9.17) is 9.73 Å². The molecule has 22 heavy (non-hydrogen) atoms. The lowest BCUT2D eigenvalue weighted by Gasteiger charge is -2.20. The van der Waals surface area contributed by atoms with Crippen molar-refractivity contribution in [3.63, 3.8) is 0 Å². The maximum absolute atomic E-state index is 10.3. The summed E-state index contributed by atoms with van der Waals surface area (Å²) in [6.07, 6.45) is -2.06. The number of aromatic nitrogens is 1. The second-order valence-corrected chi connectivity index (χ2v) is 5.23. The van der Waals surface area contributed by atoms with Gasteiger partial charge in [0, 0.05) is 6.04 Å². The zero-order chi connectivity index (χ0) is 16.3. The summed E-state index contributed by atoms with van der Waals surface area (Å²) in [5.41, 5.74) is 4.44. The molecule has 0 amide bonds. The minimum atomic E-state index is -1.15. The highest BCUT2D eigenvalue weighted by atomic mass is 16.5. The van der Waals surface area contributed by atoms with Crippen molar-refractivity contribution in [3.05, 3.63) is 52.4 Å². The monoisotopic (exact) mass is 307 g/mol. The van der Waals surface area contributed by atoms with Gasteiger partial charge in [0.05, 0.1) is 11.3 Å². The first-order valence-corrected chi connectivity index (χ1v) is 6.98. The predicted octanol–water partition coefficient (Wildman–Crippen LogP) is 1.60. The summed E-state index contributed by atoms with van der Waals surface area (Å²) in [7, 11) is 0. The van der Waals surface area contributed by atoms with E-state index in [1.165, 1.54) is 0 Å². The van der Waals surface area contributed by atoms with E-state index >= 15 is 0 Å². The lowest BCUT2D eigenvalue weighted by Crippen LogP contribution is -2.25. The number of nitrogens with one attached hydrogen (secondary N) is 2. The molecular formula is C15H21N3O4. The van der Waals surface area contributed by atoms with Crippen LogP contribution < -0.4 is 10.8 Å². The Morgan fingerprint density at radius 2 is 1.82 bits per heavy atom. The third-order valence-electron chi connectivity index (χ3n) is 3.62.